The SMILES string of the molecule is CCOC(=O)c1c[nH]c2cc(-c3csc(NC(C)=O)n3)ccc2c1=O. The lowest BCUT2D eigenvalue weighted by atomic mass is 10.1. The number of aromatic amines is 1. The van der Waals surface area contributed by atoms with Crippen LogP contribution in [0.5, 0.6) is 0 Å². The summed E-state index contributed by atoms with van der Waals surface area (Å²) in [6, 6.07) is 5.17. The number of carbonyl (C=O) groups is 2. The highest BCUT2D eigenvalue weighted by atomic mass is 32.1. The molecule has 1 amide bonds. The molecule has 2 heterocycles. The fourth-order valence-electron chi connectivity index (χ4n) is 2.36. The number of ether oxygens (including phenoxy) is 1. The van der Waals surface area contributed by atoms with Crippen LogP contribution in [0.3, 0.4) is 0 Å². The van der Waals surface area contributed by atoms with Crippen molar-refractivity contribution in [2.75, 3.05) is 11.9 Å². The molecule has 0 aliphatic rings. The third-order valence-electron chi connectivity index (χ3n) is 3.46. The van der Waals surface area contributed by atoms with E-state index in [9.17, 15) is 14.4 Å². The number of fused-ring (bicyclic) bond motifs is 1. The molecule has 25 heavy (non-hydrogen) atoms. The van der Waals surface area contributed by atoms with Crippen molar-refractivity contribution in [3.63, 3.8) is 0 Å². The predicted molar refractivity (Wildman–Crippen MR) is 95.9 cm³/mol. The highest BCUT2D eigenvalue weighted by Crippen LogP contribution is 2.26. The number of benzene rings is 1. The minimum Gasteiger partial charge on any atom is -0.462 e. The number of amides is 1. The van der Waals surface area contributed by atoms with Crippen LogP contribution < -0.4 is 10.7 Å². The number of H-pyrrole nitrogens is 1. The number of pyridine rings is 1. The highest BCUT2D eigenvalue weighted by Gasteiger charge is 2.14. The number of nitrogens with zero attached hydrogens (tertiary/aromatic N) is 1. The summed E-state index contributed by atoms with van der Waals surface area (Å²) >= 11 is 1.32. The van der Waals surface area contributed by atoms with Crippen molar-refractivity contribution in [1.82, 2.24) is 9.97 Å². The summed E-state index contributed by atoms with van der Waals surface area (Å²) in [7, 11) is 0. The zero-order chi connectivity index (χ0) is 18.0. The van der Waals surface area contributed by atoms with Gasteiger partial charge in [0.2, 0.25) is 11.3 Å². The quantitative estimate of drug-likeness (QED) is 0.699. The number of hydrogen-bond donors (Lipinski definition) is 2. The van der Waals surface area contributed by atoms with Gasteiger partial charge in [0, 0.05) is 35.0 Å². The number of thiazole rings is 1. The van der Waals surface area contributed by atoms with Crippen LogP contribution in [-0.2, 0) is 9.53 Å². The van der Waals surface area contributed by atoms with Gasteiger partial charge in [-0.05, 0) is 19.1 Å². The van der Waals surface area contributed by atoms with E-state index in [1.54, 1.807) is 25.1 Å². The molecule has 3 rings (SSSR count). The van der Waals surface area contributed by atoms with Gasteiger partial charge in [-0.1, -0.05) is 6.07 Å². The van der Waals surface area contributed by atoms with Gasteiger partial charge >= 0.3 is 5.97 Å². The molecule has 2 aromatic heterocycles. The van der Waals surface area contributed by atoms with E-state index >= 15 is 0 Å². The lowest BCUT2D eigenvalue weighted by Crippen LogP contribution is -2.18. The third kappa shape index (κ3) is 3.43. The number of esters is 1. The zero-order valence-corrected chi connectivity index (χ0v) is 14.4. The van der Waals surface area contributed by atoms with E-state index in [1.165, 1.54) is 24.5 Å². The number of anilines is 1. The van der Waals surface area contributed by atoms with E-state index in [1.807, 2.05) is 5.38 Å². The summed E-state index contributed by atoms with van der Waals surface area (Å²) in [6.45, 7) is 3.31. The maximum absolute atomic E-state index is 12.4. The lowest BCUT2D eigenvalue weighted by Gasteiger charge is -2.05. The Kier molecular flexibility index (Phi) is 4.62. The number of rotatable bonds is 4. The highest BCUT2D eigenvalue weighted by molar-refractivity contribution is 7.14. The Labute approximate surface area is 146 Å². The molecule has 7 nitrogen and oxygen atoms in total. The van der Waals surface area contributed by atoms with Crippen molar-refractivity contribution in [1.29, 1.82) is 0 Å². The summed E-state index contributed by atoms with van der Waals surface area (Å²) in [6.07, 6.45) is 1.36. The van der Waals surface area contributed by atoms with Gasteiger partial charge in [0.15, 0.2) is 5.13 Å². The molecule has 8 heteroatoms. The first-order valence-electron chi connectivity index (χ1n) is 7.55. The summed E-state index contributed by atoms with van der Waals surface area (Å²) in [5, 5.41) is 5.35. The molecule has 0 saturated heterocycles. The number of aromatic nitrogens is 2. The van der Waals surface area contributed by atoms with E-state index in [2.05, 4.69) is 15.3 Å². The largest absolute Gasteiger partial charge is 0.462 e. The van der Waals surface area contributed by atoms with E-state index in [0.29, 0.717) is 21.7 Å². The Morgan fingerprint density at radius 1 is 1.36 bits per heavy atom. The third-order valence-corrected chi connectivity index (χ3v) is 4.22. The molecule has 0 radical (unpaired) electrons. The van der Waals surface area contributed by atoms with Gasteiger partial charge in [-0.25, -0.2) is 9.78 Å². The Morgan fingerprint density at radius 3 is 2.88 bits per heavy atom. The van der Waals surface area contributed by atoms with Gasteiger partial charge in [-0.3, -0.25) is 9.59 Å². The first-order valence-corrected chi connectivity index (χ1v) is 8.43. The van der Waals surface area contributed by atoms with Gasteiger partial charge < -0.3 is 15.0 Å². The fraction of sp³-hybridized carbons (Fsp3) is 0.176. The Morgan fingerprint density at radius 2 is 2.16 bits per heavy atom. The second-order valence-electron chi connectivity index (χ2n) is 5.23. The van der Waals surface area contributed by atoms with Crippen molar-refractivity contribution < 1.29 is 14.3 Å². The van der Waals surface area contributed by atoms with E-state index in [4.69, 9.17) is 4.74 Å². The van der Waals surface area contributed by atoms with Gasteiger partial charge in [0.25, 0.3) is 0 Å². The van der Waals surface area contributed by atoms with Gasteiger partial charge in [-0.15, -0.1) is 11.3 Å². The summed E-state index contributed by atoms with van der Waals surface area (Å²) in [5.41, 5.74) is 1.66. The summed E-state index contributed by atoms with van der Waals surface area (Å²) in [5.74, 6) is -0.829. The van der Waals surface area contributed by atoms with E-state index < -0.39 is 5.97 Å². The molecule has 128 valence electrons. The normalized spacial score (nSPS) is 10.6. The van der Waals surface area contributed by atoms with Crippen LogP contribution >= 0.6 is 11.3 Å². The lowest BCUT2D eigenvalue weighted by molar-refractivity contribution is -0.114. The Bertz CT molecular complexity index is 1020. The van der Waals surface area contributed by atoms with Crippen LogP contribution in [0.1, 0.15) is 24.2 Å². The van der Waals surface area contributed by atoms with Crippen LogP contribution in [0, 0.1) is 0 Å². The second-order valence-corrected chi connectivity index (χ2v) is 6.09. The fourth-order valence-corrected chi connectivity index (χ4v) is 3.12. The first-order chi connectivity index (χ1) is 12.0. The molecule has 0 spiro atoms. The molecule has 0 unspecified atom stereocenters. The number of hydrogen-bond acceptors (Lipinski definition) is 6. The topological polar surface area (TPSA) is 101 Å². The van der Waals surface area contributed by atoms with Gasteiger partial charge in [0.05, 0.1) is 12.3 Å². The Balaban J connectivity index is 1.99. The molecule has 0 aliphatic heterocycles. The minimum absolute atomic E-state index is 0.0243. The average molecular weight is 357 g/mol. The maximum Gasteiger partial charge on any atom is 0.343 e. The molecule has 0 aliphatic carbocycles. The second kappa shape index (κ2) is 6.86. The summed E-state index contributed by atoms with van der Waals surface area (Å²) in [4.78, 5) is 42.6. The van der Waals surface area contributed by atoms with Crippen LogP contribution in [0.15, 0.2) is 34.6 Å². The van der Waals surface area contributed by atoms with Gasteiger partial charge in [-0.2, -0.15) is 0 Å². The molecule has 0 atom stereocenters. The number of carbonyl (C=O) groups excluding carboxylic acids is 2. The zero-order valence-electron chi connectivity index (χ0n) is 13.6. The average Bonchev–Trinajstić information content (AvgIpc) is 3.02. The Hall–Kier alpha value is -3.00. The molecule has 2 N–H and O–H groups in total. The van der Waals surface area contributed by atoms with E-state index in [-0.39, 0.29) is 23.5 Å². The minimum atomic E-state index is -0.644. The summed E-state index contributed by atoms with van der Waals surface area (Å²) < 4.78 is 4.88. The molecular weight excluding hydrogens is 342 g/mol. The van der Waals surface area contributed by atoms with Crippen LogP contribution in [-0.4, -0.2) is 28.5 Å². The molecule has 1 aromatic carbocycles. The van der Waals surface area contributed by atoms with Crippen molar-refractivity contribution in [2.45, 2.75) is 13.8 Å². The smallest absolute Gasteiger partial charge is 0.343 e. The molecule has 3 aromatic rings. The van der Waals surface area contributed by atoms with Crippen molar-refractivity contribution in [2.24, 2.45) is 0 Å². The van der Waals surface area contributed by atoms with Crippen LogP contribution in [0.4, 0.5) is 5.13 Å². The first kappa shape index (κ1) is 16.8. The number of nitrogens with one attached hydrogen (secondary N) is 2. The van der Waals surface area contributed by atoms with E-state index in [0.717, 1.165) is 5.56 Å². The predicted octanol–water partition coefficient (Wildman–Crippen LogP) is 2.79. The molecular formula is C17H15N3O4S. The monoisotopic (exact) mass is 357 g/mol. The molecule has 0 saturated carbocycles. The standard InChI is InChI=1S/C17H15N3O4S/c1-3-24-16(23)12-7-18-13-6-10(4-5-11(13)15(12)22)14-8-25-17(20-14)19-9(2)21/h4-8H,3H2,1-2H3,(H,18,22)(H,19,20,21). The van der Waals surface area contributed by atoms with Crippen molar-refractivity contribution in [3.05, 3.63) is 45.6 Å². The van der Waals surface area contributed by atoms with Crippen molar-refractivity contribution >= 4 is 39.2 Å². The van der Waals surface area contributed by atoms with Crippen LogP contribution in [0.25, 0.3) is 22.2 Å². The van der Waals surface area contributed by atoms with Gasteiger partial charge in [0.1, 0.15) is 5.56 Å². The molecule has 0 bridgehead atoms. The molecule has 0 fully saturated rings. The van der Waals surface area contributed by atoms with Crippen LogP contribution in [0.2, 0.25) is 0 Å². The maximum atomic E-state index is 12.4. The van der Waals surface area contributed by atoms with Crippen molar-refractivity contribution in [3.8, 4) is 11.3 Å².